The Labute approximate surface area is 284 Å². The molecule has 0 fully saturated rings. The summed E-state index contributed by atoms with van der Waals surface area (Å²) in [5.74, 6) is 3.40. The number of allylic oxidation sites excluding steroid dienone is 5. The zero-order valence-electron chi connectivity index (χ0n) is 31.4. The Morgan fingerprint density at radius 2 is 1.22 bits per heavy atom. The fraction of sp³-hybridized carbons (Fsp3) is 0.600. The van der Waals surface area contributed by atoms with Gasteiger partial charge in [0.1, 0.15) is 11.4 Å². The van der Waals surface area contributed by atoms with E-state index in [-0.39, 0.29) is 5.60 Å². The fourth-order valence-electron chi connectivity index (χ4n) is 8.79. The molecule has 1 aliphatic heterocycles. The zero-order chi connectivity index (χ0) is 33.6. The molecule has 3 aliphatic rings. The SMILES string of the molecule is C=C(C)[C@@H]1CCC(C)=C[C@H]1c1c(C)cc(CCCCC)cc1C.CCCCCc1cc(C)c2c(c1)OC(C)(C)[C@@H]1CCC(C)=C[C@@H]21. The lowest BCUT2D eigenvalue weighted by molar-refractivity contribution is 0.0113. The van der Waals surface area contributed by atoms with E-state index in [1.807, 2.05) is 0 Å². The lowest BCUT2D eigenvalue weighted by Crippen LogP contribution is -2.45. The van der Waals surface area contributed by atoms with E-state index in [2.05, 4.69) is 112 Å². The van der Waals surface area contributed by atoms with Crippen LogP contribution in [-0.4, -0.2) is 5.60 Å². The van der Waals surface area contributed by atoms with E-state index in [1.165, 1.54) is 116 Å². The number of benzene rings is 2. The maximum absolute atomic E-state index is 6.52. The Bertz CT molecular complexity index is 1390. The molecule has 0 saturated carbocycles. The number of ether oxygens (including phenoxy) is 1. The van der Waals surface area contributed by atoms with E-state index in [4.69, 9.17) is 4.74 Å². The summed E-state index contributed by atoms with van der Waals surface area (Å²) in [4.78, 5) is 0. The molecule has 0 bridgehead atoms. The minimum absolute atomic E-state index is 0.0661. The van der Waals surface area contributed by atoms with Crippen molar-refractivity contribution in [1.82, 2.24) is 0 Å². The summed E-state index contributed by atoms with van der Waals surface area (Å²) in [7, 11) is 0. The molecule has 5 rings (SSSR count). The second kappa shape index (κ2) is 16.0. The van der Waals surface area contributed by atoms with Crippen molar-refractivity contribution >= 4 is 0 Å². The molecule has 0 N–H and O–H groups in total. The molecule has 252 valence electrons. The third-order valence-corrected chi connectivity index (χ3v) is 11.3. The number of hydrogen-bond donors (Lipinski definition) is 0. The molecule has 0 amide bonds. The Morgan fingerprint density at radius 1 is 0.717 bits per heavy atom. The molecule has 46 heavy (non-hydrogen) atoms. The average Bonchev–Trinajstić information content (AvgIpc) is 2.96. The average molecular weight is 623 g/mol. The molecule has 0 unspecified atom stereocenters. The highest BCUT2D eigenvalue weighted by molar-refractivity contribution is 5.51. The van der Waals surface area contributed by atoms with Crippen LogP contribution in [0.3, 0.4) is 0 Å². The molecule has 4 atom stereocenters. The third kappa shape index (κ3) is 8.67. The second-order valence-corrected chi connectivity index (χ2v) is 15.8. The van der Waals surface area contributed by atoms with E-state index < -0.39 is 0 Å². The Morgan fingerprint density at radius 3 is 1.76 bits per heavy atom. The number of unbranched alkanes of at least 4 members (excludes halogenated alkanes) is 4. The monoisotopic (exact) mass is 623 g/mol. The van der Waals surface area contributed by atoms with E-state index in [9.17, 15) is 0 Å². The maximum atomic E-state index is 6.52. The molecular weight excluding hydrogens is 556 g/mol. The number of fused-ring (bicyclic) bond motifs is 3. The maximum Gasteiger partial charge on any atom is 0.124 e. The van der Waals surface area contributed by atoms with Gasteiger partial charge in [-0.1, -0.05) is 93.2 Å². The largest absolute Gasteiger partial charge is 0.487 e. The first-order chi connectivity index (χ1) is 21.9. The Kier molecular flexibility index (Phi) is 12.7. The summed E-state index contributed by atoms with van der Waals surface area (Å²) in [5.41, 5.74) is 14.7. The summed E-state index contributed by atoms with van der Waals surface area (Å²) >= 11 is 0. The molecule has 0 aromatic heterocycles. The van der Waals surface area contributed by atoms with Gasteiger partial charge in [-0.05, 0) is 152 Å². The van der Waals surface area contributed by atoms with Crippen LogP contribution in [0, 0.1) is 32.6 Å². The molecule has 1 nitrogen and oxygen atoms in total. The van der Waals surface area contributed by atoms with Crippen LogP contribution in [0.2, 0.25) is 0 Å². The highest BCUT2D eigenvalue weighted by Gasteiger charge is 2.44. The van der Waals surface area contributed by atoms with Gasteiger partial charge in [0.05, 0.1) is 0 Å². The van der Waals surface area contributed by atoms with Crippen molar-refractivity contribution in [3.8, 4) is 5.75 Å². The van der Waals surface area contributed by atoms with Gasteiger partial charge in [-0.3, -0.25) is 0 Å². The van der Waals surface area contributed by atoms with Gasteiger partial charge in [-0.2, -0.15) is 0 Å². The highest BCUT2D eigenvalue weighted by Crippen LogP contribution is 2.52. The molecule has 1 heterocycles. The van der Waals surface area contributed by atoms with Crippen LogP contribution in [0.25, 0.3) is 0 Å². The van der Waals surface area contributed by atoms with Crippen LogP contribution >= 0.6 is 0 Å². The summed E-state index contributed by atoms with van der Waals surface area (Å²) in [6, 6.07) is 9.61. The molecular formula is C45H66O. The summed E-state index contributed by atoms with van der Waals surface area (Å²) < 4.78 is 6.52. The van der Waals surface area contributed by atoms with Gasteiger partial charge < -0.3 is 4.74 Å². The quantitative estimate of drug-likeness (QED) is 0.189. The predicted octanol–water partition coefficient (Wildman–Crippen LogP) is 13.4. The molecule has 2 aliphatic carbocycles. The lowest BCUT2D eigenvalue weighted by atomic mass is 9.67. The molecule has 0 radical (unpaired) electrons. The zero-order valence-corrected chi connectivity index (χ0v) is 31.4. The van der Waals surface area contributed by atoms with Crippen LogP contribution in [0.4, 0.5) is 0 Å². The molecule has 2 aromatic carbocycles. The van der Waals surface area contributed by atoms with E-state index >= 15 is 0 Å². The third-order valence-electron chi connectivity index (χ3n) is 11.3. The Hall–Kier alpha value is -2.54. The molecule has 0 saturated heterocycles. The van der Waals surface area contributed by atoms with Gasteiger partial charge >= 0.3 is 0 Å². The highest BCUT2D eigenvalue weighted by atomic mass is 16.5. The smallest absolute Gasteiger partial charge is 0.124 e. The van der Waals surface area contributed by atoms with E-state index in [1.54, 1.807) is 16.7 Å². The topological polar surface area (TPSA) is 9.23 Å². The summed E-state index contributed by atoms with van der Waals surface area (Å²) in [5, 5.41) is 0. The van der Waals surface area contributed by atoms with Crippen molar-refractivity contribution in [2.24, 2.45) is 11.8 Å². The lowest BCUT2D eigenvalue weighted by Gasteiger charge is -2.47. The van der Waals surface area contributed by atoms with Crippen LogP contribution < -0.4 is 4.74 Å². The minimum atomic E-state index is -0.0661. The number of rotatable bonds is 10. The van der Waals surface area contributed by atoms with Crippen LogP contribution in [-0.2, 0) is 12.8 Å². The standard InChI is InChI=1S/C23H34.C22H32O/c1-7-8-9-10-20-14-18(5)23(19(6)15-20)22-13-17(4)11-12-21(22)16(2)3;1-6-7-8-9-17-13-16(3)21-18-12-15(2)10-11-19(18)22(4,5)23-20(21)14-17/h13-15,21-22H,2,7-12H2,1,3-6H3;12-14,18-19H,6-11H2,1-5H3/t21-,22+;18-,19-/m01/s1. The molecule has 0 spiro atoms. The predicted molar refractivity (Wildman–Crippen MR) is 202 cm³/mol. The van der Waals surface area contributed by atoms with Crippen molar-refractivity contribution in [1.29, 1.82) is 0 Å². The Balaban J connectivity index is 0.000000209. The first-order valence-corrected chi connectivity index (χ1v) is 18.8. The van der Waals surface area contributed by atoms with Crippen LogP contribution in [0.1, 0.15) is 163 Å². The van der Waals surface area contributed by atoms with Crippen LogP contribution in [0.15, 0.2) is 59.7 Å². The molecule has 2 aromatic rings. The van der Waals surface area contributed by atoms with Gasteiger partial charge in [-0.25, -0.2) is 0 Å². The molecule has 1 heteroatoms. The normalized spacial score (nSPS) is 23.2. The first-order valence-electron chi connectivity index (χ1n) is 18.8. The number of hydrogen-bond acceptors (Lipinski definition) is 1. The van der Waals surface area contributed by atoms with Crippen molar-refractivity contribution in [3.05, 3.63) is 98.7 Å². The first kappa shape index (κ1) is 36.3. The second-order valence-electron chi connectivity index (χ2n) is 15.8. The van der Waals surface area contributed by atoms with Gasteiger partial charge in [0.2, 0.25) is 0 Å². The summed E-state index contributed by atoms with van der Waals surface area (Å²) in [6.07, 6.45) is 20.2. The van der Waals surface area contributed by atoms with Gasteiger partial charge in [0, 0.05) is 23.3 Å². The number of aryl methyl sites for hydroxylation is 5. The minimum Gasteiger partial charge on any atom is -0.487 e. The van der Waals surface area contributed by atoms with E-state index in [0.29, 0.717) is 23.7 Å². The van der Waals surface area contributed by atoms with Gasteiger partial charge in [-0.15, -0.1) is 0 Å². The van der Waals surface area contributed by atoms with Gasteiger partial charge in [0.15, 0.2) is 0 Å². The van der Waals surface area contributed by atoms with Crippen molar-refractivity contribution in [2.45, 2.75) is 164 Å². The van der Waals surface area contributed by atoms with Crippen molar-refractivity contribution < 1.29 is 4.74 Å². The fourth-order valence-corrected chi connectivity index (χ4v) is 8.79. The van der Waals surface area contributed by atoms with E-state index in [0.717, 1.165) is 5.75 Å². The van der Waals surface area contributed by atoms with Gasteiger partial charge in [0.25, 0.3) is 0 Å². The summed E-state index contributed by atoms with van der Waals surface area (Å²) in [6.45, 7) is 27.0. The van der Waals surface area contributed by atoms with Crippen molar-refractivity contribution in [2.75, 3.05) is 0 Å². The van der Waals surface area contributed by atoms with Crippen molar-refractivity contribution in [3.63, 3.8) is 0 Å². The van der Waals surface area contributed by atoms with Crippen LogP contribution in [0.5, 0.6) is 5.75 Å².